The van der Waals surface area contributed by atoms with Gasteiger partial charge in [0.2, 0.25) is 0 Å². The number of benzene rings is 1. The number of halogens is 1. The summed E-state index contributed by atoms with van der Waals surface area (Å²) in [5.74, 6) is -1.92. The number of carbonyl (C=O) groups is 1. The first-order chi connectivity index (χ1) is 7.54. The molecule has 0 saturated carbocycles. The van der Waals surface area contributed by atoms with Crippen molar-refractivity contribution in [2.24, 2.45) is 0 Å². The molecule has 0 aromatic heterocycles. The van der Waals surface area contributed by atoms with Crippen LogP contribution >= 0.6 is 0 Å². The minimum atomic E-state index is -1.24. The van der Waals surface area contributed by atoms with Crippen LogP contribution < -0.4 is 5.32 Å². The van der Waals surface area contributed by atoms with E-state index in [0.717, 1.165) is 12.0 Å². The van der Waals surface area contributed by atoms with Crippen LogP contribution in [0.15, 0.2) is 18.2 Å². The lowest BCUT2D eigenvalue weighted by molar-refractivity contribution is 0.0692. The summed E-state index contributed by atoms with van der Waals surface area (Å²) in [5, 5.41) is 11.9. The Morgan fingerprint density at radius 3 is 2.75 bits per heavy atom. The highest BCUT2D eigenvalue weighted by atomic mass is 19.1. The molecule has 0 saturated heterocycles. The highest BCUT2D eigenvalue weighted by molar-refractivity contribution is 5.87. The Balaban J connectivity index is 2.70. The van der Waals surface area contributed by atoms with Gasteiger partial charge in [0.05, 0.1) is 5.56 Å². The van der Waals surface area contributed by atoms with Gasteiger partial charge in [-0.3, -0.25) is 0 Å². The highest BCUT2D eigenvalue weighted by Gasteiger charge is 2.10. The molecule has 2 N–H and O–H groups in total. The molecule has 16 heavy (non-hydrogen) atoms. The Kier molecular flexibility index (Phi) is 4.43. The van der Waals surface area contributed by atoms with E-state index in [1.54, 1.807) is 6.07 Å². The van der Waals surface area contributed by atoms with Gasteiger partial charge in [0.25, 0.3) is 0 Å². The number of hydrogen-bond acceptors (Lipinski definition) is 2. The van der Waals surface area contributed by atoms with Crippen LogP contribution in [0.2, 0.25) is 0 Å². The van der Waals surface area contributed by atoms with Crippen molar-refractivity contribution in [3.63, 3.8) is 0 Å². The van der Waals surface area contributed by atoms with Crippen molar-refractivity contribution in [2.75, 3.05) is 0 Å². The second-order valence-electron chi connectivity index (χ2n) is 3.81. The maximum absolute atomic E-state index is 13.3. The molecular weight excluding hydrogens is 209 g/mol. The minimum absolute atomic E-state index is 0.285. The average molecular weight is 225 g/mol. The van der Waals surface area contributed by atoms with Crippen molar-refractivity contribution in [3.8, 4) is 0 Å². The summed E-state index contributed by atoms with van der Waals surface area (Å²) in [6, 6.07) is 4.55. The smallest absolute Gasteiger partial charge is 0.338 e. The lowest BCUT2D eigenvalue weighted by Gasteiger charge is -2.11. The van der Waals surface area contributed by atoms with E-state index in [9.17, 15) is 9.18 Å². The zero-order valence-corrected chi connectivity index (χ0v) is 9.46. The molecule has 0 amide bonds. The standard InChI is InChI=1S/C12H16FNO2/c1-3-8(2)14-7-9-4-5-10(12(15)16)11(13)6-9/h4-6,8,14H,3,7H2,1-2H3,(H,15,16). The van der Waals surface area contributed by atoms with Gasteiger partial charge in [-0.2, -0.15) is 0 Å². The summed E-state index contributed by atoms with van der Waals surface area (Å²) in [7, 11) is 0. The molecule has 1 aromatic carbocycles. The van der Waals surface area contributed by atoms with Gasteiger partial charge in [0.15, 0.2) is 0 Å². The monoisotopic (exact) mass is 225 g/mol. The Morgan fingerprint density at radius 1 is 1.56 bits per heavy atom. The van der Waals surface area contributed by atoms with Gasteiger partial charge in [-0.05, 0) is 31.0 Å². The maximum Gasteiger partial charge on any atom is 0.338 e. The Morgan fingerprint density at radius 2 is 2.25 bits per heavy atom. The molecule has 88 valence electrons. The third kappa shape index (κ3) is 3.31. The summed E-state index contributed by atoms with van der Waals surface area (Å²) in [4.78, 5) is 10.6. The van der Waals surface area contributed by atoms with E-state index in [1.807, 2.05) is 6.92 Å². The highest BCUT2D eigenvalue weighted by Crippen LogP contribution is 2.10. The van der Waals surface area contributed by atoms with Crippen LogP contribution in [0.5, 0.6) is 0 Å². The number of aromatic carboxylic acids is 1. The fraction of sp³-hybridized carbons (Fsp3) is 0.417. The molecule has 0 spiro atoms. The third-order valence-corrected chi connectivity index (χ3v) is 2.53. The average Bonchev–Trinajstić information content (AvgIpc) is 2.25. The van der Waals surface area contributed by atoms with Gasteiger partial charge in [0, 0.05) is 12.6 Å². The quantitative estimate of drug-likeness (QED) is 0.809. The van der Waals surface area contributed by atoms with Crippen molar-refractivity contribution in [1.29, 1.82) is 0 Å². The molecule has 0 aliphatic heterocycles. The molecule has 0 radical (unpaired) electrons. The SMILES string of the molecule is CCC(C)NCc1ccc(C(=O)O)c(F)c1. The normalized spacial score (nSPS) is 12.4. The molecule has 1 atom stereocenters. The summed E-state index contributed by atoms with van der Waals surface area (Å²) in [5.41, 5.74) is 0.468. The summed E-state index contributed by atoms with van der Waals surface area (Å²) < 4.78 is 13.3. The maximum atomic E-state index is 13.3. The van der Waals surface area contributed by atoms with Crippen molar-refractivity contribution < 1.29 is 14.3 Å². The lowest BCUT2D eigenvalue weighted by Crippen LogP contribution is -2.24. The molecule has 0 heterocycles. The molecule has 3 nitrogen and oxygen atoms in total. The van der Waals surface area contributed by atoms with E-state index >= 15 is 0 Å². The van der Waals surface area contributed by atoms with Gasteiger partial charge in [-0.25, -0.2) is 9.18 Å². The zero-order chi connectivity index (χ0) is 12.1. The Hall–Kier alpha value is -1.42. The Bertz CT molecular complexity index is 379. The molecule has 1 aromatic rings. The van der Waals surface area contributed by atoms with E-state index in [2.05, 4.69) is 12.2 Å². The third-order valence-electron chi connectivity index (χ3n) is 2.53. The van der Waals surface area contributed by atoms with E-state index in [1.165, 1.54) is 12.1 Å². The van der Waals surface area contributed by atoms with Gasteiger partial charge in [-0.1, -0.05) is 13.0 Å². The number of rotatable bonds is 5. The topological polar surface area (TPSA) is 49.3 Å². The van der Waals surface area contributed by atoms with Gasteiger partial charge < -0.3 is 10.4 Å². The first kappa shape index (κ1) is 12.6. The van der Waals surface area contributed by atoms with Crippen molar-refractivity contribution in [1.82, 2.24) is 5.32 Å². The van der Waals surface area contributed by atoms with Crippen LogP contribution in [0.4, 0.5) is 4.39 Å². The van der Waals surface area contributed by atoms with Crippen molar-refractivity contribution in [2.45, 2.75) is 32.9 Å². The van der Waals surface area contributed by atoms with E-state index in [4.69, 9.17) is 5.11 Å². The fourth-order valence-electron chi connectivity index (χ4n) is 1.28. The Labute approximate surface area is 94.3 Å². The van der Waals surface area contributed by atoms with E-state index in [0.29, 0.717) is 12.6 Å². The molecule has 0 aliphatic carbocycles. The van der Waals surface area contributed by atoms with Gasteiger partial charge in [0.1, 0.15) is 5.82 Å². The van der Waals surface area contributed by atoms with Crippen LogP contribution in [0.25, 0.3) is 0 Å². The first-order valence-electron chi connectivity index (χ1n) is 5.29. The van der Waals surface area contributed by atoms with Gasteiger partial charge in [-0.15, -0.1) is 0 Å². The van der Waals surface area contributed by atoms with E-state index in [-0.39, 0.29) is 5.56 Å². The summed E-state index contributed by atoms with van der Waals surface area (Å²) in [6.07, 6.45) is 0.996. The van der Waals surface area contributed by atoms with Crippen LogP contribution in [0.3, 0.4) is 0 Å². The number of carboxylic acids is 1. The number of nitrogens with one attached hydrogen (secondary N) is 1. The minimum Gasteiger partial charge on any atom is -0.478 e. The zero-order valence-electron chi connectivity index (χ0n) is 9.46. The fourth-order valence-corrected chi connectivity index (χ4v) is 1.28. The molecule has 0 fully saturated rings. The number of carboxylic acid groups (broad SMARTS) is 1. The second-order valence-corrected chi connectivity index (χ2v) is 3.81. The van der Waals surface area contributed by atoms with Crippen LogP contribution in [0.1, 0.15) is 36.2 Å². The molecule has 0 bridgehead atoms. The van der Waals surface area contributed by atoms with Crippen LogP contribution in [-0.2, 0) is 6.54 Å². The molecular formula is C12H16FNO2. The molecule has 4 heteroatoms. The van der Waals surface area contributed by atoms with Crippen molar-refractivity contribution >= 4 is 5.97 Å². The van der Waals surface area contributed by atoms with Crippen molar-refractivity contribution in [3.05, 3.63) is 35.1 Å². The lowest BCUT2D eigenvalue weighted by atomic mass is 10.1. The summed E-state index contributed by atoms with van der Waals surface area (Å²) in [6.45, 7) is 4.65. The largest absolute Gasteiger partial charge is 0.478 e. The molecule has 0 aliphatic rings. The second kappa shape index (κ2) is 5.61. The first-order valence-corrected chi connectivity index (χ1v) is 5.29. The summed E-state index contributed by atoms with van der Waals surface area (Å²) >= 11 is 0. The van der Waals surface area contributed by atoms with Crippen LogP contribution in [-0.4, -0.2) is 17.1 Å². The molecule has 1 unspecified atom stereocenters. The number of hydrogen-bond donors (Lipinski definition) is 2. The predicted molar refractivity (Wildman–Crippen MR) is 60.0 cm³/mol. The molecule has 1 rings (SSSR count). The van der Waals surface area contributed by atoms with Gasteiger partial charge >= 0.3 is 5.97 Å². The van der Waals surface area contributed by atoms with Crippen LogP contribution in [0, 0.1) is 5.82 Å². The van der Waals surface area contributed by atoms with E-state index < -0.39 is 11.8 Å². The predicted octanol–water partition coefficient (Wildman–Crippen LogP) is 2.41.